The summed E-state index contributed by atoms with van der Waals surface area (Å²) in [6.07, 6.45) is 6.18. The molecule has 0 aliphatic heterocycles. The van der Waals surface area contributed by atoms with Crippen molar-refractivity contribution in [1.82, 2.24) is 14.5 Å². The molecule has 162 valence electrons. The van der Waals surface area contributed by atoms with Crippen LogP contribution in [-0.2, 0) is 11.3 Å². The Labute approximate surface area is 195 Å². The van der Waals surface area contributed by atoms with E-state index in [2.05, 4.69) is 9.97 Å². The predicted molar refractivity (Wildman–Crippen MR) is 128 cm³/mol. The maximum absolute atomic E-state index is 13.1. The molecule has 0 aliphatic rings. The number of benzene rings is 2. The third-order valence-corrected chi connectivity index (χ3v) is 6.04. The number of rotatable bonds is 8. The highest BCUT2D eigenvalue weighted by atomic mass is 35.5. The highest BCUT2D eigenvalue weighted by Gasteiger charge is 2.21. The van der Waals surface area contributed by atoms with Crippen molar-refractivity contribution in [3.05, 3.63) is 71.8 Å². The Kier molecular flexibility index (Phi) is 7.90. The van der Waals surface area contributed by atoms with E-state index in [1.165, 1.54) is 11.3 Å². The van der Waals surface area contributed by atoms with Crippen LogP contribution in [0.3, 0.4) is 0 Å². The maximum Gasteiger partial charge on any atom is 0.266 e. The van der Waals surface area contributed by atoms with E-state index in [0.717, 1.165) is 23.2 Å². The fourth-order valence-corrected chi connectivity index (χ4v) is 4.42. The normalized spacial score (nSPS) is 10.6. The van der Waals surface area contributed by atoms with Gasteiger partial charge in [-0.1, -0.05) is 47.2 Å². The molecule has 0 fully saturated rings. The quantitative estimate of drug-likeness (QED) is 0.342. The number of fused-ring (bicyclic) bond motifs is 1. The molecular formula is C22H22Cl2N4O2S. The largest absolute Gasteiger partial charge is 0.483 e. The van der Waals surface area contributed by atoms with Gasteiger partial charge in [0.05, 0.1) is 16.0 Å². The zero-order valence-electron chi connectivity index (χ0n) is 16.9. The predicted octanol–water partition coefficient (Wildman–Crippen LogP) is 5.38. The fraction of sp³-hybridized carbons (Fsp3) is 0.227. The highest BCUT2D eigenvalue weighted by molar-refractivity contribution is 7.22. The molecule has 6 nitrogen and oxygen atoms in total. The topological polar surface area (TPSA) is 60.2 Å². The molecule has 0 radical (unpaired) electrons. The Morgan fingerprint density at radius 1 is 1.23 bits per heavy atom. The summed E-state index contributed by atoms with van der Waals surface area (Å²) in [5.74, 6) is 0.565. The molecule has 2 aromatic heterocycles. The Balaban J connectivity index is 0.00000272. The number of anilines is 1. The van der Waals surface area contributed by atoms with Crippen LogP contribution in [0.4, 0.5) is 5.13 Å². The maximum atomic E-state index is 13.1. The second kappa shape index (κ2) is 10.6. The van der Waals surface area contributed by atoms with E-state index >= 15 is 0 Å². The number of ether oxygens (including phenoxy) is 1. The number of aromatic nitrogens is 3. The number of amides is 1. The summed E-state index contributed by atoms with van der Waals surface area (Å²) in [5, 5.41) is 1.21. The van der Waals surface area contributed by atoms with Gasteiger partial charge >= 0.3 is 0 Å². The average molecular weight is 477 g/mol. The molecule has 0 N–H and O–H groups in total. The van der Waals surface area contributed by atoms with Crippen LogP contribution in [0, 0.1) is 6.92 Å². The molecule has 0 saturated heterocycles. The van der Waals surface area contributed by atoms with Crippen LogP contribution in [0.25, 0.3) is 10.2 Å². The van der Waals surface area contributed by atoms with Gasteiger partial charge < -0.3 is 9.30 Å². The lowest BCUT2D eigenvalue weighted by molar-refractivity contribution is -0.120. The van der Waals surface area contributed by atoms with E-state index in [1.54, 1.807) is 23.5 Å². The van der Waals surface area contributed by atoms with Gasteiger partial charge in [-0.25, -0.2) is 9.97 Å². The van der Waals surface area contributed by atoms with E-state index in [9.17, 15) is 4.79 Å². The molecule has 2 heterocycles. The minimum atomic E-state index is -0.140. The smallest absolute Gasteiger partial charge is 0.266 e. The summed E-state index contributed by atoms with van der Waals surface area (Å²) in [6, 6.07) is 13.3. The lowest BCUT2D eigenvalue weighted by Crippen LogP contribution is -2.36. The number of aryl methyl sites for hydroxylation is 2. The van der Waals surface area contributed by atoms with Crippen LogP contribution < -0.4 is 9.64 Å². The van der Waals surface area contributed by atoms with Crippen LogP contribution in [0.15, 0.2) is 61.2 Å². The monoisotopic (exact) mass is 476 g/mol. The number of halogens is 2. The zero-order chi connectivity index (χ0) is 20.9. The van der Waals surface area contributed by atoms with Gasteiger partial charge in [-0.15, -0.1) is 12.4 Å². The van der Waals surface area contributed by atoms with E-state index < -0.39 is 0 Å². The van der Waals surface area contributed by atoms with Crippen molar-refractivity contribution in [2.45, 2.75) is 19.9 Å². The molecule has 0 aliphatic carbocycles. The van der Waals surface area contributed by atoms with Gasteiger partial charge in [0.2, 0.25) is 0 Å². The number of imidazole rings is 1. The number of nitrogens with zero attached hydrogens (tertiary/aromatic N) is 4. The van der Waals surface area contributed by atoms with Crippen LogP contribution in [0.1, 0.15) is 12.0 Å². The van der Waals surface area contributed by atoms with E-state index in [4.69, 9.17) is 16.3 Å². The van der Waals surface area contributed by atoms with Crippen molar-refractivity contribution >= 4 is 56.6 Å². The molecule has 0 saturated carbocycles. The Morgan fingerprint density at radius 2 is 2.06 bits per heavy atom. The van der Waals surface area contributed by atoms with Crippen molar-refractivity contribution in [3.63, 3.8) is 0 Å². The van der Waals surface area contributed by atoms with E-state index in [1.807, 2.05) is 54.1 Å². The summed E-state index contributed by atoms with van der Waals surface area (Å²) in [4.78, 5) is 23.5. The first-order valence-corrected chi connectivity index (χ1v) is 10.8. The second-order valence-corrected chi connectivity index (χ2v) is 8.25. The van der Waals surface area contributed by atoms with Gasteiger partial charge in [0.25, 0.3) is 5.91 Å². The summed E-state index contributed by atoms with van der Waals surface area (Å²) in [6.45, 7) is 3.18. The average Bonchev–Trinajstić information content (AvgIpc) is 3.41. The van der Waals surface area contributed by atoms with Crippen molar-refractivity contribution in [1.29, 1.82) is 0 Å². The summed E-state index contributed by atoms with van der Waals surface area (Å²) >= 11 is 7.75. The molecule has 4 aromatic rings. The van der Waals surface area contributed by atoms with E-state index in [0.29, 0.717) is 28.0 Å². The van der Waals surface area contributed by atoms with Crippen LogP contribution >= 0.6 is 35.3 Å². The number of hydrogen-bond acceptors (Lipinski definition) is 5. The Morgan fingerprint density at radius 3 is 2.81 bits per heavy atom. The van der Waals surface area contributed by atoms with Crippen LogP contribution in [0.5, 0.6) is 5.75 Å². The van der Waals surface area contributed by atoms with Gasteiger partial charge in [0, 0.05) is 25.5 Å². The first-order valence-electron chi connectivity index (χ1n) is 9.61. The molecule has 0 bridgehead atoms. The Bertz CT molecular complexity index is 1150. The standard InChI is InChI=1S/C22H21ClN4O2S.ClH/c1-16-6-2-3-8-18(16)29-14-20(28)27(12-5-11-26-13-10-24-15-26)22-25-21-17(23)7-4-9-19(21)30-22;/h2-4,6-10,13,15H,5,11-12,14H2,1H3;1H. The third kappa shape index (κ3) is 5.55. The summed E-state index contributed by atoms with van der Waals surface area (Å²) in [5.41, 5.74) is 1.70. The molecule has 4 rings (SSSR count). The van der Waals surface area contributed by atoms with Gasteiger partial charge in [0.1, 0.15) is 11.3 Å². The van der Waals surface area contributed by atoms with Gasteiger partial charge in [-0.3, -0.25) is 9.69 Å². The lowest BCUT2D eigenvalue weighted by atomic mass is 10.2. The van der Waals surface area contributed by atoms with Gasteiger partial charge in [-0.2, -0.15) is 0 Å². The van der Waals surface area contributed by atoms with Crippen molar-refractivity contribution in [2.75, 3.05) is 18.1 Å². The minimum absolute atomic E-state index is 0. The number of para-hydroxylation sites is 2. The van der Waals surface area contributed by atoms with E-state index in [-0.39, 0.29) is 24.9 Å². The molecular weight excluding hydrogens is 455 g/mol. The van der Waals surface area contributed by atoms with Crippen LogP contribution in [0.2, 0.25) is 5.02 Å². The highest BCUT2D eigenvalue weighted by Crippen LogP contribution is 2.33. The summed E-state index contributed by atoms with van der Waals surface area (Å²) < 4.78 is 8.73. The minimum Gasteiger partial charge on any atom is -0.483 e. The van der Waals surface area contributed by atoms with Crippen LogP contribution in [-0.4, -0.2) is 33.6 Å². The molecule has 0 spiro atoms. The molecule has 9 heteroatoms. The number of carbonyl (C=O) groups is 1. The second-order valence-electron chi connectivity index (χ2n) is 6.84. The van der Waals surface area contributed by atoms with Crippen molar-refractivity contribution in [3.8, 4) is 5.75 Å². The van der Waals surface area contributed by atoms with Gasteiger partial charge in [0.15, 0.2) is 11.7 Å². The lowest BCUT2D eigenvalue weighted by Gasteiger charge is -2.20. The van der Waals surface area contributed by atoms with Gasteiger partial charge in [-0.05, 0) is 37.1 Å². The Hall–Kier alpha value is -2.61. The first-order chi connectivity index (χ1) is 14.6. The molecule has 31 heavy (non-hydrogen) atoms. The molecule has 0 atom stereocenters. The number of hydrogen-bond donors (Lipinski definition) is 0. The van der Waals surface area contributed by atoms with Crippen molar-refractivity contribution in [2.24, 2.45) is 0 Å². The molecule has 0 unspecified atom stereocenters. The number of thiazole rings is 1. The zero-order valence-corrected chi connectivity index (χ0v) is 19.3. The SMILES string of the molecule is Cc1ccccc1OCC(=O)N(CCCn1ccnc1)c1nc2c(Cl)cccc2s1.Cl. The van der Waals surface area contributed by atoms with Crippen molar-refractivity contribution < 1.29 is 9.53 Å². The summed E-state index contributed by atoms with van der Waals surface area (Å²) in [7, 11) is 0. The number of carbonyl (C=O) groups excluding carboxylic acids is 1. The third-order valence-electron chi connectivity index (χ3n) is 4.69. The molecule has 2 aromatic carbocycles. The molecule has 1 amide bonds. The first kappa shape index (κ1) is 23.1. The fourth-order valence-electron chi connectivity index (χ4n) is 3.11.